The molecule has 0 aliphatic carbocycles. The minimum absolute atomic E-state index is 0.153. The fourth-order valence-electron chi connectivity index (χ4n) is 2.29. The molecule has 0 aliphatic heterocycles. The number of benzene rings is 2. The van der Waals surface area contributed by atoms with E-state index in [0.29, 0.717) is 22.0 Å². The zero-order valence-electron chi connectivity index (χ0n) is 11.9. The molecule has 21 heavy (non-hydrogen) atoms. The first kappa shape index (κ1) is 16.3. The van der Waals surface area contributed by atoms with Gasteiger partial charge < -0.3 is 5.32 Å². The van der Waals surface area contributed by atoms with Gasteiger partial charge in [-0.3, -0.25) is 0 Å². The molecule has 0 heterocycles. The van der Waals surface area contributed by atoms with Crippen LogP contribution in [0, 0.1) is 5.82 Å². The van der Waals surface area contributed by atoms with Gasteiger partial charge in [-0.15, -0.1) is 0 Å². The predicted molar refractivity (Wildman–Crippen MR) is 87.6 cm³/mol. The molecule has 0 saturated heterocycles. The van der Waals surface area contributed by atoms with Gasteiger partial charge in [0, 0.05) is 21.7 Å². The normalized spacial score (nSPS) is 12.4. The van der Waals surface area contributed by atoms with Gasteiger partial charge in [-0.25, -0.2) is 4.39 Å². The highest BCUT2D eigenvalue weighted by Crippen LogP contribution is 2.28. The third-order valence-electron chi connectivity index (χ3n) is 3.34. The fraction of sp³-hybridized carbons (Fsp3) is 0.294. The Morgan fingerprint density at radius 1 is 1.10 bits per heavy atom. The van der Waals surface area contributed by atoms with Crippen LogP contribution in [0.25, 0.3) is 0 Å². The summed E-state index contributed by atoms with van der Waals surface area (Å²) in [5.74, 6) is -0.273. The van der Waals surface area contributed by atoms with Crippen molar-refractivity contribution in [2.24, 2.45) is 0 Å². The standard InChI is InChI=1S/C17H18Cl2FN/c1-2-10-21-16(11-12-6-8-13(18)9-7-12)17-14(19)4-3-5-15(17)20/h3-9,16,21H,2,10-11H2,1H3. The zero-order chi connectivity index (χ0) is 15.2. The molecule has 0 amide bonds. The van der Waals surface area contributed by atoms with Crippen LogP contribution < -0.4 is 5.32 Å². The Morgan fingerprint density at radius 2 is 1.81 bits per heavy atom. The lowest BCUT2D eigenvalue weighted by Crippen LogP contribution is -2.25. The molecule has 0 radical (unpaired) electrons. The summed E-state index contributed by atoms with van der Waals surface area (Å²) < 4.78 is 14.1. The van der Waals surface area contributed by atoms with E-state index >= 15 is 0 Å². The number of nitrogens with one attached hydrogen (secondary N) is 1. The Labute approximate surface area is 135 Å². The summed E-state index contributed by atoms with van der Waals surface area (Å²) in [5, 5.41) is 4.52. The Morgan fingerprint density at radius 3 is 2.43 bits per heavy atom. The molecule has 1 atom stereocenters. The van der Waals surface area contributed by atoms with Crippen molar-refractivity contribution in [2.75, 3.05) is 6.54 Å². The van der Waals surface area contributed by atoms with E-state index in [-0.39, 0.29) is 11.9 Å². The Hall–Kier alpha value is -1.09. The van der Waals surface area contributed by atoms with E-state index in [2.05, 4.69) is 12.2 Å². The van der Waals surface area contributed by atoms with Crippen molar-refractivity contribution in [1.29, 1.82) is 0 Å². The third kappa shape index (κ3) is 4.44. The molecule has 0 spiro atoms. The quantitative estimate of drug-likeness (QED) is 0.748. The summed E-state index contributed by atoms with van der Waals surface area (Å²) in [7, 11) is 0. The van der Waals surface area contributed by atoms with Crippen molar-refractivity contribution >= 4 is 23.2 Å². The second kappa shape index (κ2) is 7.79. The summed E-state index contributed by atoms with van der Waals surface area (Å²) in [6.07, 6.45) is 1.64. The molecule has 0 saturated carbocycles. The molecule has 0 bridgehead atoms. The zero-order valence-corrected chi connectivity index (χ0v) is 13.4. The van der Waals surface area contributed by atoms with Gasteiger partial charge in [0.05, 0.1) is 0 Å². The average Bonchev–Trinajstić information content (AvgIpc) is 2.46. The van der Waals surface area contributed by atoms with E-state index in [9.17, 15) is 4.39 Å². The molecule has 4 heteroatoms. The molecular weight excluding hydrogens is 308 g/mol. The van der Waals surface area contributed by atoms with Crippen LogP contribution in [0.5, 0.6) is 0 Å². The second-order valence-electron chi connectivity index (χ2n) is 4.97. The van der Waals surface area contributed by atoms with E-state index in [1.54, 1.807) is 12.1 Å². The third-order valence-corrected chi connectivity index (χ3v) is 3.92. The first-order valence-corrected chi connectivity index (χ1v) is 7.79. The Kier molecular flexibility index (Phi) is 6.04. The van der Waals surface area contributed by atoms with Crippen LogP contribution in [-0.4, -0.2) is 6.54 Å². The Balaban J connectivity index is 2.27. The second-order valence-corrected chi connectivity index (χ2v) is 5.82. The molecule has 2 aromatic rings. The molecule has 1 N–H and O–H groups in total. The molecule has 2 rings (SSSR count). The molecule has 2 aromatic carbocycles. The predicted octanol–water partition coefficient (Wildman–Crippen LogP) is 5.42. The number of hydrogen-bond donors (Lipinski definition) is 1. The van der Waals surface area contributed by atoms with Crippen LogP contribution in [0.3, 0.4) is 0 Å². The first-order chi connectivity index (χ1) is 10.1. The highest BCUT2D eigenvalue weighted by molar-refractivity contribution is 6.31. The molecule has 1 nitrogen and oxygen atoms in total. The number of hydrogen-bond acceptors (Lipinski definition) is 1. The monoisotopic (exact) mass is 325 g/mol. The van der Waals surface area contributed by atoms with Gasteiger partial charge in [0.1, 0.15) is 5.82 Å². The fourth-order valence-corrected chi connectivity index (χ4v) is 2.72. The van der Waals surface area contributed by atoms with Crippen LogP contribution >= 0.6 is 23.2 Å². The van der Waals surface area contributed by atoms with Crippen molar-refractivity contribution in [1.82, 2.24) is 5.32 Å². The SMILES string of the molecule is CCCNC(Cc1ccc(Cl)cc1)c1c(F)cccc1Cl. The maximum Gasteiger partial charge on any atom is 0.129 e. The van der Waals surface area contributed by atoms with Crippen molar-refractivity contribution in [3.8, 4) is 0 Å². The van der Waals surface area contributed by atoms with E-state index in [4.69, 9.17) is 23.2 Å². The summed E-state index contributed by atoms with van der Waals surface area (Å²) in [4.78, 5) is 0. The van der Waals surface area contributed by atoms with E-state index in [1.807, 2.05) is 24.3 Å². The molecule has 1 unspecified atom stereocenters. The summed E-state index contributed by atoms with van der Waals surface area (Å²) in [5.41, 5.74) is 1.62. The summed E-state index contributed by atoms with van der Waals surface area (Å²) in [6.45, 7) is 2.89. The summed E-state index contributed by atoms with van der Waals surface area (Å²) >= 11 is 12.1. The van der Waals surface area contributed by atoms with E-state index in [1.165, 1.54) is 6.07 Å². The molecule has 0 aromatic heterocycles. The minimum Gasteiger partial charge on any atom is -0.310 e. The highest BCUT2D eigenvalue weighted by atomic mass is 35.5. The number of rotatable bonds is 6. The topological polar surface area (TPSA) is 12.0 Å². The minimum atomic E-state index is -0.273. The van der Waals surface area contributed by atoms with Crippen molar-refractivity contribution < 1.29 is 4.39 Å². The van der Waals surface area contributed by atoms with Gasteiger partial charge in [0.2, 0.25) is 0 Å². The van der Waals surface area contributed by atoms with Crippen molar-refractivity contribution in [2.45, 2.75) is 25.8 Å². The molecular formula is C17H18Cl2FN. The van der Waals surface area contributed by atoms with E-state index < -0.39 is 0 Å². The first-order valence-electron chi connectivity index (χ1n) is 7.03. The van der Waals surface area contributed by atoms with Crippen molar-refractivity contribution in [3.05, 3.63) is 69.5 Å². The van der Waals surface area contributed by atoms with Gasteiger partial charge >= 0.3 is 0 Å². The van der Waals surface area contributed by atoms with Crippen LogP contribution in [-0.2, 0) is 6.42 Å². The van der Waals surface area contributed by atoms with Crippen LogP contribution in [0.2, 0.25) is 10.0 Å². The molecule has 0 aliphatic rings. The maximum absolute atomic E-state index is 14.1. The van der Waals surface area contributed by atoms with Gasteiger partial charge in [0.15, 0.2) is 0 Å². The lowest BCUT2D eigenvalue weighted by Gasteiger charge is -2.21. The van der Waals surface area contributed by atoms with Crippen molar-refractivity contribution in [3.63, 3.8) is 0 Å². The highest BCUT2D eigenvalue weighted by Gasteiger charge is 2.18. The average molecular weight is 326 g/mol. The largest absolute Gasteiger partial charge is 0.310 e. The lowest BCUT2D eigenvalue weighted by atomic mass is 9.98. The van der Waals surface area contributed by atoms with Gasteiger partial charge in [0.25, 0.3) is 0 Å². The maximum atomic E-state index is 14.1. The Bertz CT molecular complexity index is 564. The van der Waals surface area contributed by atoms with Crippen LogP contribution in [0.4, 0.5) is 4.39 Å². The molecule has 0 fully saturated rings. The van der Waals surface area contributed by atoms with Gasteiger partial charge in [-0.1, -0.05) is 48.3 Å². The van der Waals surface area contributed by atoms with E-state index in [0.717, 1.165) is 18.5 Å². The molecule has 112 valence electrons. The van der Waals surface area contributed by atoms with Gasteiger partial charge in [-0.05, 0) is 49.2 Å². The van der Waals surface area contributed by atoms with Gasteiger partial charge in [-0.2, -0.15) is 0 Å². The lowest BCUT2D eigenvalue weighted by molar-refractivity contribution is 0.497. The summed E-state index contributed by atoms with van der Waals surface area (Å²) in [6, 6.07) is 12.2. The van der Waals surface area contributed by atoms with Crippen LogP contribution in [0.1, 0.15) is 30.5 Å². The van der Waals surface area contributed by atoms with Crippen LogP contribution in [0.15, 0.2) is 42.5 Å². The smallest absolute Gasteiger partial charge is 0.129 e. The number of halogens is 3.